The number of pyridine rings is 2. The first-order valence-corrected chi connectivity index (χ1v) is 27.1. The minimum Gasteiger partial charge on any atom is -0.396 e. The SMILES string of the molecule is Nc1ccc(F)c(C(=O)c2c[nH]c3ncc(-c4ccc(Cl)cc4)cc23)c1F.O=C(c1c(F)ccc(NS(=O)(=O)Cc2cccc(F)c2)c1F)c1c[nH]c2ncc(-c3ccc(Cl)cc3)cc12.O=S(=O)(Cl)Cc1cccc(F)c1. The van der Waals surface area contributed by atoms with Crippen molar-refractivity contribution in [3.05, 3.63) is 237 Å². The lowest BCUT2D eigenvalue weighted by molar-refractivity contribution is 0.102. The van der Waals surface area contributed by atoms with Gasteiger partial charge in [0.1, 0.15) is 34.6 Å². The van der Waals surface area contributed by atoms with Crippen molar-refractivity contribution in [1.29, 1.82) is 0 Å². The maximum absolute atomic E-state index is 15.4. The molecule has 0 atom stereocenters. The summed E-state index contributed by atoms with van der Waals surface area (Å²) in [6.45, 7) is 0. The molecular weight excluding hydrogens is 1110 g/mol. The molecule has 0 bridgehead atoms. The molecule has 0 radical (unpaired) electrons. The molecule has 5 N–H and O–H groups in total. The van der Waals surface area contributed by atoms with Gasteiger partial charge in [0.2, 0.25) is 30.6 Å². The zero-order valence-corrected chi connectivity index (χ0v) is 43.0. The normalized spacial score (nSPS) is 11.4. The molecule has 4 heterocycles. The smallest absolute Gasteiger partial charge is 0.237 e. The van der Waals surface area contributed by atoms with Crippen LogP contribution in [0.3, 0.4) is 0 Å². The number of nitrogens with one attached hydrogen (secondary N) is 3. The number of hydrogen-bond acceptors (Lipinski definition) is 9. The zero-order valence-electron chi connectivity index (χ0n) is 39.1. The lowest BCUT2D eigenvalue weighted by Crippen LogP contribution is -2.18. The summed E-state index contributed by atoms with van der Waals surface area (Å²) in [5.41, 5.74) is 7.21. The molecule has 0 unspecified atom stereocenters. The van der Waals surface area contributed by atoms with Gasteiger partial charge < -0.3 is 15.7 Å². The molecule has 10 rings (SSSR count). The molecule has 0 aliphatic heterocycles. The summed E-state index contributed by atoms with van der Waals surface area (Å²) in [5, 5.41) is 1.91. The van der Waals surface area contributed by atoms with Crippen LogP contribution in [0.15, 0.2) is 158 Å². The Labute approximate surface area is 449 Å². The lowest BCUT2D eigenvalue weighted by atomic mass is 10.00. The number of aromatic nitrogens is 4. The second kappa shape index (κ2) is 23.1. The van der Waals surface area contributed by atoms with E-state index in [-0.39, 0.29) is 28.1 Å². The summed E-state index contributed by atoms with van der Waals surface area (Å²) in [7, 11) is -2.84. The van der Waals surface area contributed by atoms with E-state index in [9.17, 15) is 48.4 Å². The number of halogens is 9. The van der Waals surface area contributed by atoms with Crippen LogP contribution in [-0.4, -0.2) is 48.3 Å². The standard InChI is InChI=1S/C27H17ClF3N3O3S.C20H12ClF2N3O.C7H6ClFO2S/c28-18-6-4-16(5-7-18)17-11-20-21(13-33-27(20)32-12-17)26(35)24-22(30)8-9-23(25(24)31)34-38(36,37)14-15-2-1-3-19(29)10-15;21-12-3-1-10(2-4-12)11-7-13-14(9-26-20(13)25-8-11)19(27)17-15(22)5-6-16(24)18(17)23;8-12(10,11)5-6-2-1-3-7(9)4-6/h1-13,34H,14H2,(H,32,33);1-9H,24H2,(H,25,26);1-4H,5H2. The quantitative estimate of drug-likeness (QED) is 0.0398. The number of aromatic amines is 2. The number of anilines is 2. The van der Waals surface area contributed by atoms with Crippen LogP contribution >= 0.6 is 33.9 Å². The van der Waals surface area contributed by atoms with E-state index in [1.54, 1.807) is 60.9 Å². The summed E-state index contributed by atoms with van der Waals surface area (Å²) in [6.07, 6.45) is 5.88. The highest BCUT2D eigenvalue weighted by molar-refractivity contribution is 8.13. The average Bonchev–Trinajstić information content (AvgIpc) is 4.03. The van der Waals surface area contributed by atoms with Crippen molar-refractivity contribution in [1.82, 2.24) is 19.9 Å². The van der Waals surface area contributed by atoms with Crippen LogP contribution in [0.25, 0.3) is 44.3 Å². The maximum atomic E-state index is 15.4. The first-order valence-electron chi connectivity index (χ1n) is 22.2. The van der Waals surface area contributed by atoms with E-state index in [2.05, 4.69) is 19.9 Å². The van der Waals surface area contributed by atoms with E-state index in [0.717, 1.165) is 59.2 Å². The molecule has 4 aromatic heterocycles. The fraction of sp³-hybridized carbons (Fsp3) is 0.0370. The van der Waals surface area contributed by atoms with Crippen molar-refractivity contribution in [3.63, 3.8) is 0 Å². The number of ketones is 2. The van der Waals surface area contributed by atoms with Gasteiger partial charge in [0.05, 0.1) is 34.0 Å². The van der Waals surface area contributed by atoms with Crippen molar-refractivity contribution in [2.45, 2.75) is 11.5 Å². The van der Waals surface area contributed by atoms with Gasteiger partial charge in [0, 0.05) is 78.5 Å². The summed E-state index contributed by atoms with van der Waals surface area (Å²) in [6, 6.07) is 31.3. The number of benzene rings is 6. The van der Waals surface area contributed by atoms with E-state index < -0.39 is 88.1 Å². The summed E-state index contributed by atoms with van der Waals surface area (Å²) >= 11 is 11.9. The molecule has 0 spiro atoms. The highest BCUT2D eigenvalue weighted by Gasteiger charge is 2.27. The number of hydrogen-bond donors (Lipinski definition) is 4. The molecular formula is C54H35Cl3F6N6O6S2. The molecule has 0 aliphatic rings. The molecule has 0 saturated heterocycles. The molecule has 0 saturated carbocycles. The van der Waals surface area contributed by atoms with Gasteiger partial charge in [-0.3, -0.25) is 14.3 Å². The number of carbonyl (C=O) groups excluding carboxylic acids is 2. The van der Waals surface area contributed by atoms with Gasteiger partial charge in [-0.05, 0) is 107 Å². The predicted octanol–water partition coefficient (Wildman–Crippen LogP) is 13.3. The number of nitrogens with zero attached hydrogens (tertiary/aromatic N) is 2. The van der Waals surface area contributed by atoms with Crippen LogP contribution < -0.4 is 10.5 Å². The number of H-pyrrole nitrogens is 2. The third kappa shape index (κ3) is 13.3. The van der Waals surface area contributed by atoms with E-state index in [1.807, 2.05) is 16.9 Å². The van der Waals surface area contributed by atoms with Crippen LogP contribution in [0.2, 0.25) is 10.0 Å². The highest BCUT2D eigenvalue weighted by atomic mass is 35.7. The molecule has 0 fully saturated rings. The van der Waals surface area contributed by atoms with E-state index >= 15 is 4.39 Å². The van der Waals surface area contributed by atoms with E-state index in [4.69, 9.17) is 39.6 Å². The van der Waals surface area contributed by atoms with Gasteiger partial charge >= 0.3 is 0 Å². The first-order chi connectivity index (χ1) is 36.5. The third-order valence-electron chi connectivity index (χ3n) is 11.3. The van der Waals surface area contributed by atoms with Gasteiger partial charge in [0.25, 0.3) is 0 Å². The fourth-order valence-corrected chi connectivity index (χ4v) is 10.1. The summed E-state index contributed by atoms with van der Waals surface area (Å²) in [4.78, 5) is 40.4. The van der Waals surface area contributed by atoms with Gasteiger partial charge in [-0.2, -0.15) is 0 Å². The number of fused-ring (bicyclic) bond motifs is 2. The molecule has 6 aromatic carbocycles. The number of nitrogens with two attached hydrogens (primary N) is 1. The molecule has 23 heteroatoms. The minimum atomic E-state index is -4.23. The average molecular weight is 1150 g/mol. The van der Waals surface area contributed by atoms with Gasteiger partial charge in [-0.1, -0.05) is 71.7 Å². The Balaban J connectivity index is 0.000000174. The predicted molar refractivity (Wildman–Crippen MR) is 285 cm³/mol. The number of nitrogen functional groups attached to an aromatic ring is 1. The van der Waals surface area contributed by atoms with Crippen molar-refractivity contribution in [3.8, 4) is 22.3 Å². The van der Waals surface area contributed by atoms with Crippen LogP contribution in [-0.2, 0) is 30.6 Å². The Hall–Kier alpha value is -8.01. The van der Waals surface area contributed by atoms with Crippen LogP contribution in [0, 0.1) is 34.9 Å². The van der Waals surface area contributed by atoms with E-state index in [0.29, 0.717) is 43.2 Å². The van der Waals surface area contributed by atoms with Crippen molar-refractivity contribution >= 4 is 98.0 Å². The molecule has 12 nitrogen and oxygen atoms in total. The zero-order chi connectivity index (χ0) is 55.3. The van der Waals surface area contributed by atoms with Gasteiger partial charge in [-0.15, -0.1) is 0 Å². The third-order valence-corrected chi connectivity index (χ3v) is 14.1. The number of rotatable bonds is 12. The van der Waals surface area contributed by atoms with E-state index in [1.165, 1.54) is 42.7 Å². The second-order valence-corrected chi connectivity index (χ2v) is 22.1. The van der Waals surface area contributed by atoms with Gasteiger partial charge in [0.15, 0.2) is 11.6 Å². The van der Waals surface area contributed by atoms with Crippen molar-refractivity contribution in [2.75, 3.05) is 10.5 Å². The lowest BCUT2D eigenvalue weighted by Gasteiger charge is -2.12. The molecule has 77 heavy (non-hydrogen) atoms. The Morgan fingerprint density at radius 3 is 1.44 bits per heavy atom. The van der Waals surface area contributed by atoms with Crippen LogP contribution in [0.1, 0.15) is 43.0 Å². The highest BCUT2D eigenvalue weighted by Crippen LogP contribution is 2.32. The maximum Gasteiger partial charge on any atom is 0.237 e. The second-order valence-electron chi connectivity index (χ2n) is 16.7. The monoisotopic (exact) mass is 1150 g/mol. The van der Waals surface area contributed by atoms with Gasteiger partial charge in [-0.25, -0.2) is 53.1 Å². The summed E-state index contributed by atoms with van der Waals surface area (Å²) in [5.74, 6) is -8.51. The Kier molecular flexibility index (Phi) is 16.6. The Bertz CT molecular complexity index is 4130. The van der Waals surface area contributed by atoms with Crippen molar-refractivity contribution in [2.24, 2.45) is 0 Å². The topological polar surface area (TPSA) is 198 Å². The number of carbonyl (C=O) groups is 2. The first kappa shape index (κ1) is 55.2. The largest absolute Gasteiger partial charge is 0.396 e. The summed E-state index contributed by atoms with van der Waals surface area (Å²) < 4.78 is 133. The molecule has 392 valence electrons. The fourth-order valence-electron chi connectivity index (χ4n) is 7.74. The van der Waals surface area contributed by atoms with Crippen LogP contribution in [0.5, 0.6) is 0 Å². The Morgan fingerprint density at radius 1 is 0.545 bits per heavy atom. The number of sulfonamides is 1. The molecule has 10 aromatic rings. The Morgan fingerprint density at radius 2 is 0.987 bits per heavy atom. The molecule has 0 amide bonds. The van der Waals surface area contributed by atoms with Crippen molar-refractivity contribution < 1.29 is 52.8 Å². The molecule has 0 aliphatic carbocycles. The van der Waals surface area contributed by atoms with Crippen LogP contribution in [0.4, 0.5) is 37.7 Å². The minimum absolute atomic E-state index is 0.0547.